The molecule has 0 saturated carbocycles. The largest absolute Gasteiger partial charge is 0.379 e. The van der Waals surface area contributed by atoms with Crippen LogP contribution in [-0.2, 0) is 20.9 Å². The summed E-state index contributed by atoms with van der Waals surface area (Å²) in [6.07, 6.45) is 4.94. The Labute approximate surface area is 147 Å². The molecule has 0 bridgehead atoms. The van der Waals surface area contributed by atoms with Gasteiger partial charge in [0.1, 0.15) is 5.82 Å². The molecule has 1 aromatic rings. The number of nitrogens with one attached hydrogen (secondary N) is 1. The van der Waals surface area contributed by atoms with Crippen molar-refractivity contribution in [3.8, 4) is 0 Å². The molecule has 25 heavy (non-hydrogen) atoms. The lowest BCUT2D eigenvalue weighted by Gasteiger charge is -2.29. The van der Waals surface area contributed by atoms with Crippen LogP contribution < -0.4 is 5.32 Å². The van der Waals surface area contributed by atoms with E-state index in [2.05, 4.69) is 20.1 Å². The molecule has 1 N–H and O–H groups in total. The molecule has 0 spiro atoms. The van der Waals surface area contributed by atoms with Gasteiger partial charge in [-0.2, -0.15) is 0 Å². The summed E-state index contributed by atoms with van der Waals surface area (Å²) in [6.45, 7) is 7.71. The minimum Gasteiger partial charge on any atom is -0.379 e. The lowest BCUT2D eigenvalue weighted by molar-refractivity contribution is -0.117. The standard InChI is InChI=1S/C18H24N4O3/c1-14(23)2-3-15-10-16-12-22(5-4-21-6-8-25-9-7-21)13-17(24)20-18(16)19-11-15/h2-3,10-11H,4-9,12-13H2,1H3,(H,19,20,24)/b3-2+. The smallest absolute Gasteiger partial charge is 0.239 e. The number of aromatic nitrogens is 1. The first kappa shape index (κ1) is 17.7. The molecule has 3 rings (SSSR count). The SMILES string of the molecule is CC(=O)/C=C/c1cnc2c(c1)CN(CCN1CCOCC1)CC(=O)N2. The Balaban J connectivity index is 1.68. The molecule has 0 aliphatic carbocycles. The van der Waals surface area contributed by atoms with Crippen molar-refractivity contribution < 1.29 is 14.3 Å². The highest BCUT2D eigenvalue weighted by Crippen LogP contribution is 2.20. The second-order valence-corrected chi connectivity index (χ2v) is 6.43. The normalized spacial score (nSPS) is 19.5. The maximum Gasteiger partial charge on any atom is 0.239 e. The predicted octanol–water partition coefficient (Wildman–Crippen LogP) is 0.770. The van der Waals surface area contributed by atoms with Gasteiger partial charge in [0.25, 0.3) is 0 Å². The summed E-state index contributed by atoms with van der Waals surface area (Å²) >= 11 is 0. The van der Waals surface area contributed by atoms with Crippen molar-refractivity contribution in [2.45, 2.75) is 13.5 Å². The van der Waals surface area contributed by atoms with Crippen LogP contribution in [-0.4, -0.2) is 72.4 Å². The zero-order valence-electron chi connectivity index (χ0n) is 14.5. The number of allylic oxidation sites excluding steroid dienone is 1. The van der Waals surface area contributed by atoms with E-state index >= 15 is 0 Å². The molecule has 0 aromatic carbocycles. The Kier molecular flexibility index (Phi) is 5.91. The van der Waals surface area contributed by atoms with Gasteiger partial charge in [0.05, 0.1) is 19.8 Å². The van der Waals surface area contributed by atoms with Gasteiger partial charge in [-0.15, -0.1) is 0 Å². The molecule has 0 radical (unpaired) electrons. The fourth-order valence-corrected chi connectivity index (χ4v) is 3.00. The second-order valence-electron chi connectivity index (χ2n) is 6.43. The van der Waals surface area contributed by atoms with Crippen molar-refractivity contribution in [2.75, 3.05) is 51.3 Å². The monoisotopic (exact) mass is 344 g/mol. The molecule has 0 unspecified atom stereocenters. The van der Waals surface area contributed by atoms with Crippen LogP contribution in [0.1, 0.15) is 18.1 Å². The zero-order chi connectivity index (χ0) is 17.6. The van der Waals surface area contributed by atoms with Crippen LogP contribution >= 0.6 is 0 Å². The highest BCUT2D eigenvalue weighted by Gasteiger charge is 2.21. The van der Waals surface area contributed by atoms with Gasteiger partial charge in [0.15, 0.2) is 5.78 Å². The zero-order valence-corrected chi connectivity index (χ0v) is 14.5. The number of ketones is 1. The Morgan fingerprint density at radius 2 is 2.04 bits per heavy atom. The number of rotatable bonds is 5. The quantitative estimate of drug-likeness (QED) is 0.796. The van der Waals surface area contributed by atoms with E-state index in [0.717, 1.165) is 50.5 Å². The highest BCUT2D eigenvalue weighted by molar-refractivity contribution is 5.93. The fourth-order valence-electron chi connectivity index (χ4n) is 3.00. The summed E-state index contributed by atoms with van der Waals surface area (Å²) in [5, 5.41) is 2.87. The molecule has 7 nitrogen and oxygen atoms in total. The number of carbonyl (C=O) groups is 2. The molecular formula is C18H24N4O3. The Bertz CT molecular complexity index is 668. The number of fused-ring (bicyclic) bond motifs is 1. The molecule has 1 aromatic heterocycles. The summed E-state index contributed by atoms with van der Waals surface area (Å²) in [5.41, 5.74) is 1.83. The Hall–Kier alpha value is -2.09. The van der Waals surface area contributed by atoms with Gasteiger partial charge in [-0.1, -0.05) is 0 Å². The summed E-state index contributed by atoms with van der Waals surface area (Å²) in [6, 6.07) is 1.98. The van der Waals surface area contributed by atoms with Crippen LogP contribution in [0.2, 0.25) is 0 Å². The number of carbonyl (C=O) groups excluding carboxylic acids is 2. The first-order chi connectivity index (χ1) is 12.1. The van der Waals surface area contributed by atoms with E-state index in [4.69, 9.17) is 4.74 Å². The number of ether oxygens (including phenoxy) is 1. The third-order valence-electron chi connectivity index (χ3n) is 4.35. The molecule has 2 aliphatic rings. The van der Waals surface area contributed by atoms with Gasteiger partial charge in [0.2, 0.25) is 5.91 Å². The summed E-state index contributed by atoms with van der Waals surface area (Å²) in [5.74, 6) is 0.564. The summed E-state index contributed by atoms with van der Waals surface area (Å²) in [4.78, 5) is 32.1. The molecule has 134 valence electrons. The molecule has 0 atom stereocenters. The average molecular weight is 344 g/mol. The van der Waals surface area contributed by atoms with Crippen LogP contribution in [0.4, 0.5) is 5.82 Å². The predicted molar refractivity (Wildman–Crippen MR) is 95.1 cm³/mol. The number of pyridine rings is 1. The van der Waals surface area contributed by atoms with Gasteiger partial charge in [-0.05, 0) is 30.7 Å². The fraction of sp³-hybridized carbons (Fsp3) is 0.500. The van der Waals surface area contributed by atoms with E-state index < -0.39 is 0 Å². The van der Waals surface area contributed by atoms with E-state index in [-0.39, 0.29) is 11.7 Å². The van der Waals surface area contributed by atoms with Gasteiger partial charge in [-0.25, -0.2) is 4.98 Å². The van der Waals surface area contributed by atoms with Gasteiger partial charge in [-0.3, -0.25) is 19.4 Å². The van der Waals surface area contributed by atoms with Crippen LogP contribution in [0.15, 0.2) is 18.3 Å². The van der Waals surface area contributed by atoms with Crippen molar-refractivity contribution >= 4 is 23.6 Å². The van der Waals surface area contributed by atoms with E-state index in [9.17, 15) is 9.59 Å². The number of anilines is 1. The third-order valence-corrected chi connectivity index (χ3v) is 4.35. The molecule has 2 aliphatic heterocycles. The number of morpholine rings is 1. The van der Waals surface area contributed by atoms with E-state index in [1.165, 1.54) is 13.0 Å². The van der Waals surface area contributed by atoms with E-state index in [1.54, 1.807) is 12.3 Å². The number of hydrogen-bond acceptors (Lipinski definition) is 6. The van der Waals surface area contributed by atoms with Crippen LogP contribution in [0.5, 0.6) is 0 Å². The molecule has 7 heteroatoms. The van der Waals surface area contributed by atoms with Gasteiger partial charge in [0, 0.05) is 44.5 Å². The lowest BCUT2D eigenvalue weighted by atomic mass is 10.1. The van der Waals surface area contributed by atoms with Gasteiger partial charge < -0.3 is 10.1 Å². The first-order valence-corrected chi connectivity index (χ1v) is 8.60. The minimum atomic E-state index is -0.0414. The van der Waals surface area contributed by atoms with E-state index in [0.29, 0.717) is 18.9 Å². The number of nitrogens with zero attached hydrogens (tertiary/aromatic N) is 3. The number of hydrogen-bond donors (Lipinski definition) is 1. The molecule has 1 fully saturated rings. The van der Waals surface area contributed by atoms with Crippen molar-refractivity contribution in [1.29, 1.82) is 0 Å². The van der Waals surface area contributed by atoms with Crippen LogP contribution in [0.3, 0.4) is 0 Å². The third kappa shape index (κ3) is 5.19. The molecule has 1 saturated heterocycles. The van der Waals surface area contributed by atoms with Crippen LogP contribution in [0.25, 0.3) is 6.08 Å². The first-order valence-electron chi connectivity index (χ1n) is 8.60. The summed E-state index contributed by atoms with van der Waals surface area (Å²) in [7, 11) is 0. The Morgan fingerprint density at radius 1 is 1.28 bits per heavy atom. The van der Waals surface area contributed by atoms with Gasteiger partial charge >= 0.3 is 0 Å². The van der Waals surface area contributed by atoms with Crippen LogP contribution in [0, 0.1) is 0 Å². The molecular weight excluding hydrogens is 320 g/mol. The second kappa shape index (κ2) is 8.33. The van der Waals surface area contributed by atoms with Crippen molar-refractivity contribution in [2.24, 2.45) is 0 Å². The summed E-state index contributed by atoms with van der Waals surface area (Å²) < 4.78 is 5.37. The minimum absolute atomic E-state index is 0.00427. The number of amides is 1. The maximum atomic E-state index is 12.1. The topological polar surface area (TPSA) is 74.8 Å². The molecule has 1 amide bonds. The van der Waals surface area contributed by atoms with Crippen molar-refractivity contribution in [3.63, 3.8) is 0 Å². The lowest BCUT2D eigenvalue weighted by Crippen LogP contribution is -2.42. The highest BCUT2D eigenvalue weighted by atomic mass is 16.5. The van der Waals surface area contributed by atoms with E-state index in [1.807, 2.05) is 6.07 Å². The Morgan fingerprint density at radius 3 is 2.80 bits per heavy atom. The maximum absolute atomic E-state index is 12.1. The van der Waals surface area contributed by atoms with Crippen molar-refractivity contribution in [3.05, 3.63) is 29.5 Å². The average Bonchev–Trinajstić information content (AvgIpc) is 2.76. The molecule has 3 heterocycles. The van der Waals surface area contributed by atoms with Crippen molar-refractivity contribution in [1.82, 2.24) is 14.8 Å².